The number of nitrogens with zero attached hydrogens (tertiary/aromatic N) is 4. The molecular weight excluding hydrogens is 340 g/mol. The van der Waals surface area contributed by atoms with E-state index in [2.05, 4.69) is 45.1 Å². The summed E-state index contributed by atoms with van der Waals surface area (Å²) in [5, 5.41) is 2.98. The highest BCUT2D eigenvalue weighted by Crippen LogP contribution is 2.19. The van der Waals surface area contributed by atoms with Gasteiger partial charge in [-0.1, -0.05) is 12.1 Å². The van der Waals surface area contributed by atoms with Gasteiger partial charge in [0.25, 0.3) is 0 Å². The zero-order valence-electron chi connectivity index (χ0n) is 15.7. The zero-order chi connectivity index (χ0) is 18.8. The maximum atomic E-state index is 12.5. The van der Waals surface area contributed by atoms with Crippen LogP contribution in [-0.4, -0.2) is 52.1 Å². The number of nitrogens with one attached hydrogen (secondary N) is 2. The molecule has 4 rings (SSSR count). The number of pyridine rings is 1. The number of piperazine rings is 1. The standard InChI is InChI=1S/C20H24N6O/c1-14-6-7-16-19(15(14)2)24-17(23-16)13-22-20(27)26-11-9-25(10-12-26)18-5-3-4-8-21-18/h3-8H,9-13H2,1-2H3,(H,22,27)(H,23,24). The van der Waals surface area contributed by atoms with Gasteiger partial charge in [-0.15, -0.1) is 0 Å². The minimum absolute atomic E-state index is 0.0518. The van der Waals surface area contributed by atoms with Crippen molar-refractivity contribution in [3.8, 4) is 0 Å². The average Bonchev–Trinajstić information content (AvgIpc) is 3.14. The van der Waals surface area contributed by atoms with E-state index in [0.717, 1.165) is 35.8 Å². The van der Waals surface area contributed by atoms with Crippen LogP contribution < -0.4 is 10.2 Å². The van der Waals surface area contributed by atoms with Crippen molar-refractivity contribution in [3.63, 3.8) is 0 Å². The topological polar surface area (TPSA) is 77.2 Å². The van der Waals surface area contributed by atoms with Gasteiger partial charge in [0.05, 0.1) is 17.6 Å². The number of hydrogen-bond donors (Lipinski definition) is 2. The van der Waals surface area contributed by atoms with Gasteiger partial charge in [-0.25, -0.2) is 14.8 Å². The van der Waals surface area contributed by atoms with Crippen molar-refractivity contribution >= 4 is 22.9 Å². The Labute approximate surface area is 158 Å². The van der Waals surface area contributed by atoms with E-state index >= 15 is 0 Å². The summed E-state index contributed by atoms with van der Waals surface area (Å²) in [6.07, 6.45) is 1.80. The van der Waals surface area contributed by atoms with Gasteiger partial charge in [0, 0.05) is 32.4 Å². The van der Waals surface area contributed by atoms with E-state index in [-0.39, 0.29) is 6.03 Å². The van der Waals surface area contributed by atoms with Crippen molar-refractivity contribution in [1.29, 1.82) is 0 Å². The van der Waals surface area contributed by atoms with E-state index in [1.165, 1.54) is 11.1 Å². The Morgan fingerprint density at radius 2 is 1.96 bits per heavy atom. The van der Waals surface area contributed by atoms with Crippen LogP contribution >= 0.6 is 0 Å². The Bertz CT molecular complexity index is 944. The van der Waals surface area contributed by atoms with Crippen LogP contribution in [0.3, 0.4) is 0 Å². The molecule has 1 aliphatic heterocycles. The van der Waals surface area contributed by atoms with Crippen LogP contribution in [0.15, 0.2) is 36.5 Å². The molecule has 7 nitrogen and oxygen atoms in total. The summed E-state index contributed by atoms with van der Waals surface area (Å²) in [6, 6.07) is 9.96. The molecule has 140 valence electrons. The highest BCUT2D eigenvalue weighted by atomic mass is 16.2. The number of aryl methyl sites for hydroxylation is 2. The first-order chi connectivity index (χ1) is 13.1. The number of benzene rings is 1. The Balaban J connectivity index is 1.33. The molecule has 0 atom stereocenters. The van der Waals surface area contributed by atoms with E-state index in [0.29, 0.717) is 19.6 Å². The Morgan fingerprint density at radius 1 is 1.15 bits per heavy atom. The number of amides is 2. The molecule has 2 N–H and O–H groups in total. The fourth-order valence-electron chi connectivity index (χ4n) is 3.40. The second-order valence-electron chi connectivity index (χ2n) is 6.91. The van der Waals surface area contributed by atoms with Crippen LogP contribution in [-0.2, 0) is 6.54 Å². The summed E-state index contributed by atoms with van der Waals surface area (Å²) in [7, 11) is 0. The van der Waals surface area contributed by atoms with Crippen LogP contribution in [0, 0.1) is 13.8 Å². The monoisotopic (exact) mass is 364 g/mol. The number of hydrogen-bond acceptors (Lipinski definition) is 4. The molecule has 3 heterocycles. The maximum absolute atomic E-state index is 12.5. The molecule has 1 fully saturated rings. The van der Waals surface area contributed by atoms with Crippen LogP contribution in [0.1, 0.15) is 17.0 Å². The minimum atomic E-state index is -0.0518. The van der Waals surface area contributed by atoms with E-state index in [4.69, 9.17) is 0 Å². The number of H-pyrrole nitrogens is 1. The van der Waals surface area contributed by atoms with Crippen LogP contribution in [0.2, 0.25) is 0 Å². The van der Waals surface area contributed by atoms with Gasteiger partial charge in [0.15, 0.2) is 0 Å². The van der Waals surface area contributed by atoms with E-state index in [9.17, 15) is 4.79 Å². The number of urea groups is 1. The quantitative estimate of drug-likeness (QED) is 0.749. The van der Waals surface area contributed by atoms with Gasteiger partial charge in [0.2, 0.25) is 0 Å². The third kappa shape index (κ3) is 3.58. The summed E-state index contributed by atoms with van der Waals surface area (Å²) in [5.74, 6) is 1.74. The number of aromatic amines is 1. The predicted octanol–water partition coefficient (Wildman–Crippen LogP) is 2.61. The van der Waals surface area contributed by atoms with E-state index < -0.39 is 0 Å². The number of carbonyl (C=O) groups excluding carboxylic acids is 1. The largest absolute Gasteiger partial charge is 0.353 e. The fraction of sp³-hybridized carbons (Fsp3) is 0.350. The number of anilines is 1. The fourth-order valence-corrected chi connectivity index (χ4v) is 3.40. The third-order valence-electron chi connectivity index (χ3n) is 5.17. The number of carbonyl (C=O) groups is 1. The summed E-state index contributed by atoms with van der Waals surface area (Å²) in [4.78, 5) is 28.8. The second-order valence-corrected chi connectivity index (χ2v) is 6.91. The zero-order valence-corrected chi connectivity index (χ0v) is 15.7. The summed E-state index contributed by atoms with van der Waals surface area (Å²) >= 11 is 0. The predicted molar refractivity (Wildman–Crippen MR) is 106 cm³/mol. The normalized spacial score (nSPS) is 14.6. The Hall–Kier alpha value is -3.09. The van der Waals surface area contributed by atoms with Gasteiger partial charge >= 0.3 is 6.03 Å². The first-order valence-corrected chi connectivity index (χ1v) is 9.25. The van der Waals surface area contributed by atoms with Gasteiger partial charge < -0.3 is 20.1 Å². The molecule has 1 saturated heterocycles. The lowest BCUT2D eigenvalue weighted by atomic mass is 10.1. The highest BCUT2D eigenvalue weighted by molar-refractivity contribution is 5.80. The molecule has 0 unspecified atom stereocenters. The van der Waals surface area contributed by atoms with Crippen molar-refractivity contribution in [2.24, 2.45) is 0 Å². The molecule has 1 aliphatic rings. The molecule has 3 aromatic rings. The summed E-state index contributed by atoms with van der Waals surface area (Å²) < 4.78 is 0. The van der Waals surface area contributed by atoms with Crippen molar-refractivity contribution in [2.75, 3.05) is 31.1 Å². The van der Waals surface area contributed by atoms with E-state index in [1.54, 1.807) is 6.20 Å². The van der Waals surface area contributed by atoms with Crippen LogP contribution in [0.25, 0.3) is 11.0 Å². The molecule has 0 aliphatic carbocycles. The summed E-state index contributed by atoms with van der Waals surface area (Å²) in [6.45, 7) is 7.48. The van der Waals surface area contributed by atoms with Crippen LogP contribution in [0.5, 0.6) is 0 Å². The molecule has 0 radical (unpaired) electrons. The first kappa shape index (κ1) is 17.3. The molecule has 0 spiro atoms. The highest BCUT2D eigenvalue weighted by Gasteiger charge is 2.21. The van der Waals surface area contributed by atoms with Crippen molar-refractivity contribution in [1.82, 2.24) is 25.2 Å². The molecule has 2 aromatic heterocycles. The van der Waals surface area contributed by atoms with Crippen LogP contribution in [0.4, 0.5) is 10.6 Å². The van der Waals surface area contributed by atoms with Gasteiger partial charge in [-0.05, 0) is 43.2 Å². The second kappa shape index (κ2) is 7.26. The molecule has 27 heavy (non-hydrogen) atoms. The maximum Gasteiger partial charge on any atom is 0.317 e. The number of rotatable bonds is 3. The number of fused-ring (bicyclic) bond motifs is 1. The van der Waals surface area contributed by atoms with E-state index in [1.807, 2.05) is 29.2 Å². The van der Waals surface area contributed by atoms with Gasteiger partial charge in [0.1, 0.15) is 11.6 Å². The van der Waals surface area contributed by atoms with Gasteiger partial charge in [-0.3, -0.25) is 0 Å². The Kier molecular flexibility index (Phi) is 4.66. The minimum Gasteiger partial charge on any atom is -0.353 e. The lowest BCUT2D eigenvalue weighted by Gasteiger charge is -2.35. The molecule has 1 aromatic carbocycles. The molecule has 0 saturated carbocycles. The van der Waals surface area contributed by atoms with Crippen molar-refractivity contribution in [2.45, 2.75) is 20.4 Å². The Morgan fingerprint density at radius 3 is 2.70 bits per heavy atom. The molecule has 7 heteroatoms. The smallest absolute Gasteiger partial charge is 0.317 e. The molecule has 2 amide bonds. The number of aromatic nitrogens is 3. The van der Waals surface area contributed by atoms with Crippen molar-refractivity contribution in [3.05, 3.63) is 53.5 Å². The average molecular weight is 364 g/mol. The van der Waals surface area contributed by atoms with Gasteiger partial charge in [-0.2, -0.15) is 0 Å². The molecular formula is C20H24N6O. The molecule has 0 bridgehead atoms. The summed E-state index contributed by atoms with van der Waals surface area (Å²) in [5.41, 5.74) is 4.37. The SMILES string of the molecule is Cc1ccc2[nH]c(CNC(=O)N3CCN(c4ccccn4)CC3)nc2c1C. The van der Waals surface area contributed by atoms with Crippen molar-refractivity contribution < 1.29 is 4.79 Å². The number of imidazole rings is 1. The lowest BCUT2D eigenvalue weighted by Crippen LogP contribution is -2.51. The third-order valence-corrected chi connectivity index (χ3v) is 5.17. The first-order valence-electron chi connectivity index (χ1n) is 9.25. The lowest BCUT2D eigenvalue weighted by molar-refractivity contribution is 0.193.